The van der Waals surface area contributed by atoms with Crippen LogP contribution in [-0.2, 0) is 0 Å². The van der Waals surface area contributed by atoms with Crippen LogP contribution in [0.1, 0.15) is 34.1 Å². The Hall–Kier alpha value is -1.38. The predicted molar refractivity (Wildman–Crippen MR) is 74.6 cm³/mol. The SMILES string of the molecule is CCCOc1cc(NCC(C)(C)C)ccc1N. The summed E-state index contributed by atoms with van der Waals surface area (Å²) in [6.07, 6.45) is 0.985. The van der Waals surface area contributed by atoms with Gasteiger partial charge in [-0.25, -0.2) is 0 Å². The molecule has 0 saturated carbocycles. The topological polar surface area (TPSA) is 47.3 Å². The number of benzene rings is 1. The summed E-state index contributed by atoms with van der Waals surface area (Å²) in [7, 11) is 0. The summed E-state index contributed by atoms with van der Waals surface area (Å²) in [6, 6.07) is 5.84. The molecule has 17 heavy (non-hydrogen) atoms. The van der Waals surface area contributed by atoms with Crippen molar-refractivity contribution in [1.29, 1.82) is 0 Å². The van der Waals surface area contributed by atoms with E-state index in [1.165, 1.54) is 0 Å². The first-order valence-electron chi connectivity index (χ1n) is 6.18. The molecule has 3 heteroatoms. The first-order valence-corrected chi connectivity index (χ1v) is 6.18. The van der Waals surface area contributed by atoms with Gasteiger partial charge in [0.15, 0.2) is 0 Å². The van der Waals surface area contributed by atoms with Gasteiger partial charge >= 0.3 is 0 Å². The van der Waals surface area contributed by atoms with Crippen LogP contribution in [0.25, 0.3) is 0 Å². The summed E-state index contributed by atoms with van der Waals surface area (Å²) < 4.78 is 5.59. The maximum Gasteiger partial charge on any atom is 0.144 e. The van der Waals surface area contributed by atoms with Crippen LogP contribution in [0.5, 0.6) is 5.75 Å². The molecular formula is C14H24N2O. The fraction of sp³-hybridized carbons (Fsp3) is 0.571. The van der Waals surface area contributed by atoms with E-state index in [9.17, 15) is 0 Å². The predicted octanol–water partition coefficient (Wildman–Crippen LogP) is 3.52. The Bertz CT molecular complexity index is 356. The second-order valence-corrected chi connectivity index (χ2v) is 5.52. The van der Waals surface area contributed by atoms with Crippen molar-refractivity contribution in [3.8, 4) is 5.75 Å². The molecule has 0 radical (unpaired) electrons. The molecular weight excluding hydrogens is 212 g/mol. The molecule has 0 bridgehead atoms. The van der Waals surface area contributed by atoms with Crippen molar-refractivity contribution in [1.82, 2.24) is 0 Å². The zero-order valence-corrected chi connectivity index (χ0v) is 11.3. The molecule has 1 aromatic rings. The van der Waals surface area contributed by atoms with Crippen LogP contribution in [0.4, 0.5) is 11.4 Å². The minimum atomic E-state index is 0.256. The Balaban J connectivity index is 2.67. The number of nitrogen functional groups attached to an aromatic ring is 1. The summed E-state index contributed by atoms with van der Waals surface area (Å²) in [5, 5.41) is 3.39. The molecule has 0 aliphatic heterocycles. The first kappa shape index (κ1) is 13.7. The van der Waals surface area contributed by atoms with E-state index < -0.39 is 0 Å². The maximum atomic E-state index is 5.86. The van der Waals surface area contributed by atoms with E-state index in [4.69, 9.17) is 10.5 Å². The Morgan fingerprint density at radius 1 is 1.29 bits per heavy atom. The van der Waals surface area contributed by atoms with Gasteiger partial charge in [-0.2, -0.15) is 0 Å². The fourth-order valence-electron chi connectivity index (χ4n) is 1.35. The van der Waals surface area contributed by atoms with Crippen molar-refractivity contribution >= 4 is 11.4 Å². The number of anilines is 2. The van der Waals surface area contributed by atoms with E-state index in [1.54, 1.807) is 0 Å². The smallest absolute Gasteiger partial charge is 0.144 e. The Morgan fingerprint density at radius 2 is 2.00 bits per heavy atom. The molecule has 0 atom stereocenters. The van der Waals surface area contributed by atoms with Crippen molar-refractivity contribution in [2.75, 3.05) is 24.2 Å². The van der Waals surface area contributed by atoms with E-state index in [-0.39, 0.29) is 5.41 Å². The van der Waals surface area contributed by atoms with Gasteiger partial charge in [-0.15, -0.1) is 0 Å². The second-order valence-electron chi connectivity index (χ2n) is 5.52. The van der Waals surface area contributed by atoms with Gasteiger partial charge in [0, 0.05) is 18.3 Å². The number of rotatable bonds is 5. The number of nitrogens with one attached hydrogen (secondary N) is 1. The molecule has 0 aromatic heterocycles. The normalized spacial score (nSPS) is 11.3. The minimum Gasteiger partial charge on any atom is -0.491 e. The molecule has 0 amide bonds. The number of hydrogen-bond donors (Lipinski definition) is 2. The Morgan fingerprint density at radius 3 is 2.59 bits per heavy atom. The molecule has 3 nitrogen and oxygen atoms in total. The summed E-state index contributed by atoms with van der Waals surface area (Å²) >= 11 is 0. The van der Waals surface area contributed by atoms with E-state index in [0.717, 1.165) is 24.4 Å². The van der Waals surface area contributed by atoms with Crippen molar-refractivity contribution in [2.24, 2.45) is 5.41 Å². The monoisotopic (exact) mass is 236 g/mol. The lowest BCUT2D eigenvalue weighted by Crippen LogP contribution is -2.19. The summed E-state index contributed by atoms with van der Waals surface area (Å²) in [5.41, 5.74) is 7.87. The van der Waals surface area contributed by atoms with Crippen LogP contribution in [0.15, 0.2) is 18.2 Å². The number of hydrogen-bond acceptors (Lipinski definition) is 3. The largest absolute Gasteiger partial charge is 0.491 e. The molecule has 0 aliphatic rings. The van der Waals surface area contributed by atoms with Gasteiger partial charge in [0.1, 0.15) is 5.75 Å². The summed E-state index contributed by atoms with van der Waals surface area (Å²) in [5.74, 6) is 0.769. The molecule has 3 N–H and O–H groups in total. The lowest BCUT2D eigenvalue weighted by molar-refractivity contribution is 0.319. The van der Waals surface area contributed by atoms with Gasteiger partial charge in [0.2, 0.25) is 0 Å². The average Bonchev–Trinajstić information content (AvgIpc) is 2.25. The van der Waals surface area contributed by atoms with Crippen LogP contribution >= 0.6 is 0 Å². The van der Waals surface area contributed by atoms with Crippen molar-refractivity contribution < 1.29 is 4.74 Å². The Kier molecular flexibility index (Phi) is 4.67. The third kappa shape index (κ3) is 4.98. The zero-order chi connectivity index (χ0) is 12.9. The lowest BCUT2D eigenvalue weighted by atomic mass is 9.97. The van der Waals surface area contributed by atoms with Crippen LogP contribution in [0.2, 0.25) is 0 Å². The minimum absolute atomic E-state index is 0.256. The third-order valence-electron chi connectivity index (χ3n) is 2.30. The fourth-order valence-corrected chi connectivity index (χ4v) is 1.35. The van der Waals surface area contributed by atoms with E-state index in [0.29, 0.717) is 12.3 Å². The summed E-state index contributed by atoms with van der Waals surface area (Å²) in [4.78, 5) is 0. The molecule has 0 heterocycles. The molecule has 1 rings (SSSR count). The van der Waals surface area contributed by atoms with Crippen molar-refractivity contribution in [3.05, 3.63) is 18.2 Å². The molecule has 96 valence electrons. The highest BCUT2D eigenvalue weighted by Crippen LogP contribution is 2.26. The first-order chi connectivity index (χ1) is 7.92. The quantitative estimate of drug-likeness (QED) is 0.769. The average molecular weight is 236 g/mol. The standard InChI is InChI=1S/C14H24N2O/c1-5-8-17-13-9-11(6-7-12(13)15)16-10-14(2,3)4/h6-7,9,16H,5,8,10,15H2,1-4H3. The van der Waals surface area contributed by atoms with E-state index in [2.05, 4.69) is 33.0 Å². The molecule has 0 saturated heterocycles. The van der Waals surface area contributed by atoms with Crippen LogP contribution in [0, 0.1) is 5.41 Å². The Labute approximate surface area is 104 Å². The second kappa shape index (κ2) is 5.80. The van der Waals surface area contributed by atoms with Gasteiger partial charge in [-0.05, 0) is 24.0 Å². The number of ether oxygens (including phenoxy) is 1. The van der Waals surface area contributed by atoms with Gasteiger partial charge in [0.25, 0.3) is 0 Å². The van der Waals surface area contributed by atoms with Crippen LogP contribution in [-0.4, -0.2) is 13.2 Å². The van der Waals surface area contributed by atoms with E-state index >= 15 is 0 Å². The molecule has 0 fully saturated rings. The molecule has 0 unspecified atom stereocenters. The highest BCUT2D eigenvalue weighted by Gasteiger charge is 2.10. The zero-order valence-electron chi connectivity index (χ0n) is 11.3. The van der Waals surface area contributed by atoms with Crippen molar-refractivity contribution in [3.63, 3.8) is 0 Å². The van der Waals surface area contributed by atoms with Crippen molar-refractivity contribution in [2.45, 2.75) is 34.1 Å². The van der Waals surface area contributed by atoms with Gasteiger partial charge in [-0.1, -0.05) is 27.7 Å². The number of nitrogens with two attached hydrogens (primary N) is 1. The lowest BCUT2D eigenvalue weighted by Gasteiger charge is -2.20. The highest BCUT2D eigenvalue weighted by molar-refractivity contribution is 5.61. The van der Waals surface area contributed by atoms with Gasteiger partial charge in [0.05, 0.1) is 12.3 Å². The molecule has 0 spiro atoms. The van der Waals surface area contributed by atoms with Crippen LogP contribution in [0.3, 0.4) is 0 Å². The van der Waals surface area contributed by atoms with Gasteiger partial charge in [-0.3, -0.25) is 0 Å². The van der Waals surface area contributed by atoms with Crippen LogP contribution < -0.4 is 15.8 Å². The molecule has 0 aliphatic carbocycles. The maximum absolute atomic E-state index is 5.86. The van der Waals surface area contributed by atoms with E-state index in [1.807, 2.05) is 18.2 Å². The van der Waals surface area contributed by atoms with Gasteiger partial charge < -0.3 is 15.8 Å². The molecule has 1 aromatic carbocycles. The highest BCUT2D eigenvalue weighted by atomic mass is 16.5. The third-order valence-corrected chi connectivity index (χ3v) is 2.30. The summed E-state index contributed by atoms with van der Waals surface area (Å²) in [6.45, 7) is 10.3.